The van der Waals surface area contributed by atoms with Gasteiger partial charge in [0.05, 0.1) is 25.9 Å². The zero-order chi connectivity index (χ0) is 22.2. The molecule has 2 saturated heterocycles. The number of fused-ring (bicyclic) bond motifs is 3. The summed E-state index contributed by atoms with van der Waals surface area (Å²) < 4.78 is 36.5. The van der Waals surface area contributed by atoms with Crippen molar-refractivity contribution in [2.45, 2.75) is 61.2 Å². The highest BCUT2D eigenvalue weighted by molar-refractivity contribution is 5.67. The molecule has 5 rings (SSSR count). The van der Waals surface area contributed by atoms with Crippen molar-refractivity contribution in [3.63, 3.8) is 0 Å². The summed E-state index contributed by atoms with van der Waals surface area (Å²) >= 11 is 0. The summed E-state index contributed by atoms with van der Waals surface area (Å²) in [7, 11) is 8.73. The SMILES string of the molecule is COc1ccc2c(c1OC)[C@@]13CCN(C)[C@@]14C[C@@H]2O[C@@]4(OC)[C@@H](OC)[C@@H](OC(C)=O)C3. The number of hydrogen-bond acceptors (Lipinski definition) is 8. The van der Waals surface area contributed by atoms with Gasteiger partial charge >= 0.3 is 5.97 Å². The van der Waals surface area contributed by atoms with Crippen molar-refractivity contribution >= 4 is 5.97 Å². The molecule has 2 aliphatic carbocycles. The first-order valence-corrected chi connectivity index (χ1v) is 10.8. The van der Waals surface area contributed by atoms with Crippen LogP contribution in [0.3, 0.4) is 0 Å². The predicted octanol–water partition coefficient (Wildman–Crippen LogP) is 2.18. The number of hydrogen-bond donors (Lipinski definition) is 0. The molecule has 2 bridgehead atoms. The number of methoxy groups -OCH3 is 4. The molecule has 0 N–H and O–H groups in total. The number of rotatable bonds is 5. The van der Waals surface area contributed by atoms with Crippen LogP contribution in [0.5, 0.6) is 11.5 Å². The zero-order valence-electron chi connectivity index (χ0n) is 19.0. The second-order valence-corrected chi connectivity index (χ2v) is 9.07. The van der Waals surface area contributed by atoms with Gasteiger partial charge in [0.15, 0.2) is 11.5 Å². The van der Waals surface area contributed by atoms with Crippen LogP contribution >= 0.6 is 0 Å². The molecule has 31 heavy (non-hydrogen) atoms. The first kappa shape index (κ1) is 21.0. The molecule has 8 heteroatoms. The zero-order valence-corrected chi connectivity index (χ0v) is 19.0. The van der Waals surface area contributed by atoms with Crippen LogP contribution < -0.4 is 9.47 Å². The number of esters is 1. The van der Waals surface area contributed by atoms with Crippen molar-refractivity contribution in [3.8, 4) is 11.5 Å². The van der Waals surface area contributed by atoms with E-state index in [0.29, 0.717) is 12.2 Å². The Labute approximate surface area is 182 Å². The highest BCUT2D eigenvalue weighted by Crippen LogP contribution is 2.73. The third-order valence-corrected chi connectivity index (χ3v) is 8.23. The molecule has 3 fully saturated rings. The molecule has 1 spiro atoms. The minimum Gasteiger partial charge on any atom is -0.493 e. The van der Waals surface area contributed by atoms with Gasteiger partial charge < -0.3 is 28.4 Å². The van der Waals surface area contributed by atoms with Crippen LogP contribution in [-0.4, -0.2) is 76.4 Å². The fraction of sp³-hybridized carbons (Fsp3) is 0.696. The lowest BCUT2D eigenvalue weighted by atomic mass is 9.50. The Balaban J connectivity index is 1.85. The summed E-state index contributed by atoms with van der Waals surface area (Å²) in [6, 6.07) is 4.01. The van der Waals surface area contributed by atoms with Gasteiger partial charge in [-0.25, -0.2) is 0 Å². The van der Waals surface area contributed by atoms with Crippen molar-refractivity contribution in [2.24, 2.45) is 0 Å². The Morgan fingerprint density at radius 3 is 2.55 bits per heavy atom. The van der Waals surface area contributed by atoms with Crippen LogP contribution in [0.2, 0.25) is 0 Å². The molecule has 0 amide bonds. The van der Waals surface area contributed by atoms with Gasteiger partial charge in [0.1, 0.15) is 12.2 Å². The Bertz CT molecular complexity index is 921. The third-order valence-electron chi connectivity index (χ3n) is 8.23. The van der Waals surface area contributed by atoms with E-state index >= 15 is 0 Å². The fourth-order valence-corrected chi connectivity index (χ4v) is 7.37. The van der Waals surface area contributed by atoms with Gasteiger partial charge in [0.2, 0.25) is 5.79 Å². The lowest BCUT2D eigenvalue weighted by Gasteiger charge is -2.61. The fourth-order valence-electron chi connectivity index (χ4n) is 7.37. The van der Waals surface area contributed by atoms with E-state index in [1.807, 2.05) is 6.07 Å². The quantitative estimate of drug-likeness (QED) is 0.654. The molecular weight excluding hydrogens is 402 g/mol. The van der Waals surface area contributed by atoms with E-state index in [2.05, 4.69) is 18.0 Å². The number of carbonyl (C=O) groups is 1. The number of likely N-dealkylation sites (tertiary alicyclic amines) is 1. The molecular formula is C23H31NO7. The minimum atomic E-state index is -1.10. The summed E-state index contributed by atoms with van der Waals surface area (Å²) in [5, 5.41) is 0. The maximum absolute atomic E-state index is 12.1. The molecule has 0 radical (unpaired) electrons. The number of likely N-dealkylation sites (N-methyl/N-ethyl adjacent to an activating group) is 1. The van der Waals surface area contributed by atoms with E-state index in [4.69, 9.17) is 28.4 Å². The highest BCUT2D eigenvalue weighted by atomic mass is 16.7. The Kier molecular flexibility index (Phi) is 4.61. The van der Waals surface area contributed by atoms with Gasteiger partial charge in [-0.1, -0.05) is 6.07 Å². The van der Waals surface area contributed by atoms with E-state index in [0.717, 1.165) is 36.3 Å². The normalized spacial score (nSPS) is 40.3. The maximum Gasteiger partial charge on any atom is 0.302 e. The van der Waals surface area contributed by atoms with Crippen LogP contribution in [0.15, 0.2) is 12.1 Å². The van der Waals surface area contributed by atoms with Gasteiger partial charge in [0.25, 0.3) is 0 Å². The van der Waals surface area contributed by atoms with Gasteiger partial charge in [-0.05, 0) is 38.1 Å². The topological polar surface area (TPSA) is 75.7 Å². The van der Waals surface area contributed by atoms with Crippen molar-refractivity contribution in [1.29, 1.82) is 0 Å². The number of carbonyl (C=O) groups excluding carboxylic acids is 1. The van der Waals surface area contributed by atoms with Crippen molar-refractivity contribution in [3.05, 3.63) is 23.3 Å². The van der Waals surface area contributed by atoms with E-state index in [9.17, 15) is 4.79 Å². The van der Waals surface area contributed by atoms with E-state index in [1.165, 1.54) is 6.92 Å². The predicted molar refractivity (Wildman–Crippen MR) is 110 cm³/mol. The third kappa shape index (κ3) is 2.21. The van der Waals surface area contributed by atoms with Gasteiger partial charge in [-0.2, -0.15) is 0 Å². The molecule has 170 valence electrons. The summed E-state index contributed by atoms with van der Waals surface area (Å²) in [5.74, 6) is -0.0494. The molecule has 2 aliphatic heterocycles. The van der Waals surface area contributed by atoms with Crippen LogP contribution in [-0.2, 0) is 29.2 Å². The van der Waals surface area contributed by atoms with E-state index in [-0.39, 0.29) is 12.1 Å². The molecule has 1 aromatic carbocycles. The molecule has 1 aromatic rings. The minimum absolute atomic E-state index is 0.197. The second kappa shape index (κ2) is 6.81. The lowest BCUT2D eigenvalue weighted by Crippen LogP contribution is -2.77. The summed E-state index contributed by atoms with van der Waals surface area (Å²) in [6.45, 7) is 2.28. The van der Waals surface area contributed by atoms with Crippen molar-refractivity contribution in [2.75, 3.05) is 42.0 Å². The first-order chi connectivity index (χ1) is 14.9. The summed E-state index contributed by atoms with van der Waals surface area (Å²) in [6.07, 6.45) is 0.928. The Hall–Kier alpha value is -1.87. The molecule has 2 heterocycles. The van der Waals surface area contributed by atoms with Crippen LogP contribution in [0.25, 0.3) is 0 Å². The van der Waals surface area contributed by atoms with Gasteiger partial charge in [-0.3, -0.25) is 9.69 Å². The van der Waals surface area contributed by atoms with Gasteiger partial charge in [-0.15, -0.1) is 0 Å². The number of ether oxygens (including phenoxy) is 6. The maximum atomic E-state index is 12.1. The molecule has 0 unspecified atom stereocenters. The van der Waals surface area contributed by atoms with E-state index in [1.54, 1.807) is 28.4 Å². The average Bonchev–Trinajstić information content (AvgIpc) is 3.26. The molecule has 8 nitrogen and oxygen atoms in total. The average molecular weight is 434 g/mol. The van der Waals surface area contributed by atoms with E-state index < -0.39 is 28.9 Å². The van der Waals surface area contributed by atoms with Crippen LogP contribution in [0.4, 0.5) is 0 Å². The first-order valence-electron chi connectivity index (χ1n) is 10.8. The standard InChI is InChI=1S/C23H31NO7/c1-13(25)30-17-11-21-9-10-24(2)22(21)12-16(31-23(22,29-6)20(17)28-5)14-7-8-15(26-3)19(27-4)18(14)21/h7-8,16-17,20H,9-12H2,1-6H3/t16-,17-,20-,21-,22-,23-/m0/s1. The molecule has 0 aromatic heterocycles. The lowest BCUT2D eigenvalue weighted by molar-refractivity contribution is -0.340. The number of nitrogens with zero attached hydrogens (tertiary/aromatic N) is 1. The second-order valence-electron chi connectivity index (χ2n) is 9.07. The Morgan fingerprint density at radius 1 is 1.16 bits per heavy atom. The summed E-state index contributed by atoms with van der Waals surface area (Å²) in [4.78, 5) is 14.4. The monoisotopic (exact) mass is 433 g/mol. The van der Waals surface area contributed by atoms with Crippen LogP contribution in [0.1, 0.15) is 43.4 Å². The summed E-state index contributed by atoms with van der Waals surface area (Å²) in [5.41, 5.74) is 1.25. The Morgan fingerprint density at radius 2 is 1.94 bits per heavy atom. The smallest absolute Gasteiger partial charge is 0.302 e. The van der Waals surface area contributed by atoms with Gasteiger partial charge in [0, 0.05) is 38.5 Å². The number of benzene rings is 1. The molecule has 6 atom stereocenters. The highest BCUT2D eigenvalue weighted by Gasteiger charge is 2.83. The van der Waals surface area contributed by atoms with Crippen LogP contribution in [0, 0.1) is 0 Å². The molecule has 1 saturated carbocycles. The van der Waals surface area contributed by atoms with Crippen molar-refractivity contribution < 1.29 is 33.2 Å². The largest absolute Gasteiger partial charge is 0.493 e. The van der Waals surface area contributed by atoms with Crippen molar-refractivity contribution in [1.82, 2.24) is 4.90 Å². The molecule has 4 aliphatic rings.